The number of rotatable bonds is 4. The third-order valence-electron chi connectivity index (χ3n) is 9.80. The van der Waals surface area contributed by atoms with Gasteiger partial charge in [-0.3, -0.25) is 0 Å². The zero-order chi connectivity index (χ0) is 35.6. The molecule has 0 aliphatic carbocycles. The highest BCUT2D eigenvalue weighted by Gasteiger charge is 2.33. The summed E-state index contributed by atoms with van der Waals surface area (Å²) in [5, 5.41) is 24.2. The van der Waals surface area contributed by atoms with Crippen molar-refractivity contribution in [1.29, 1.82) is 10.5 Å². The third kappa shape index (κ3) is 4.75. The molecule has 9 aromatic rings. The predicted octanol–water partition coefficient (Wildman–Crippen LogP) is 12.0. The van der Waals surface area contributed by atoms with Crippen molar-refractivity contribution in [3.63, 3.8) is 0 Å². The highest BCUT2D eigenvalue weighted by Crippen LogP contribution is 2.44. The van der Waals surface area contributed by atoms with Crippen molar-refractivity contribution in [2.24, 2.45) is 0 Å². The molecule has 0 atom stereocenters. The second kappa shape index (κ2) is 11.8. The Morgan fingerprint density at radius 3 is 1.50 bits per heavy atom. The largest absolute Gasteiger partial charge is 0.416 e. The van der Waals surface area contributed by atoms with Crippen LogP contribution in [0.1, 0.15) is 16.7 Å². The monoisotopic (exact) mass is 678 g/mol. The molecule has 0 amide bonds. The number of nitrogens with zero attached hydrogens (tertiary/aromatic N) is 4. The Bertz CT molecular complexity index is 2920. The van der Waals surface area contributed by atoms with Gasteiger partial charge in [-0.2, -0.15) is 23.7 Å². The van der Waals surface area contributed by atoms with Crippen molar-refractivity contribution in [2.45, 2.75) is 6.18 Å². The highest BCUT2D eigenvalue weighted by molar-refractivity contribution is 6.24. The molecule has 0 bridgehead atoms. The van der Waals surface area contributed by atoms with Crippen molar-refractivity contribution in [3.05, 3.63) is 168 Å². The van der Waals surface area contributed by atoms with Crippen LogP contribution in [0.15, 0.2) is 152 Å². The number of halogens is 3. The summed E-state index contributed by atoms with van der Waals surface area (Å²) in [4.78, 5) is 0. The van der Waals surface area contributed by atoms with Crippen LogP contribution in [0.25, 0.3) is 77.2 Å². The van der Waals surface area contributed by atoms with Gasteiger partial charge in [0.25, 0.3) is 0 Å². The van der Waals surface area contributed by atoms with Crippen LogP contribution in [0.2, 0.25) is 0 Å². The van der Waals surface area contributed by atoms with Gasteiger partial charge >= 0.3 is 6.18 Å². The molecule has 7 aromatic carbocycles. The minimum absolute atomic E-state index is 0.112. The lowest BCUT2D eigenvalue weighted by molar-refractivity contribution is -0.137. The number of hydrogen-bond acceptors (Lipinski definition) is 2. The molecule has 0 fully saturated rings. The van der Waals surface area contributed by atoms with E-state index in [9.17, 15) is 23.7 Å². The van der Waals surface area contributed by atoms with Gasteiger partial charge in [0.15, 0.2) is 0 Å². The number of benzene rings is 7. The van der Waals surface area contributed by atoms with E-state index in [0.29, 0.717) is 11.0 Å². The number of alkyl halides is 3. The van der Waals surface area contributed by atoms with Crippen molar-refractivity contribution >= 4 is 43.6 Å². The average molecular weight is 679 g/mol. The van der Waals surface area contributed by atoms with Gasteiger partial charge in [0, 0.05) is 27.2 Å². The molecule has 0 unspecified atom stereocenters. The smallest absolute Gasteiger partial charge is 0.307 e. The fourth-order valence-corrected chi connectivity index (χ4v) is 7.52. The third-order valence-corrected chi connectivity index (χ3v) is 9.80. The van der Waals surface area contributed by atoms with E-state index in [1.165, 1.54) is 0 Å². The Kier molecular flexibility index (Phi) is 7.00. The molecular weight excluding hydrogens is 654 g/mol. The van der Waals surface area contributed by atoms with E-state index in [2.05, 4.69) is 71.3 Å². The van der Waals surface area contributed by atoms with E-state index in [1.54, 1.807) is 4.57 Å². The molecule has 9 rings (SSSR count). The van der Waals surface area contributed by atoms with Gasteiger partial charge in [-0.05, 0) is 58.7 Å². The maximum absolute atomic E-state index is 14.0. The molecule has 0 aliphatic heterocycles. The molecule has 0 radical (unpaired) electrons. The van der Waals surface area contributed by atoms with Crippen LogP contribution in [0, 0.1) is 22.7 Å². The van der Waals surface area contributed by atoms with E-state index in [0.717, 1.165) is 72.7 Å². The molecule has 4 nitrogen and oxygen atoms in total. The molecule has 52 heavy (non-hydrogen) atoms. The Labute approximate surface area is 296 Å². The summed E-state index contributed by atoms with van der Waals surface area (Å²) in [6.07, 6.45) is -4.73. The molecule has 7 heteroatoms. The number of aromatic nitrogens is 2. The molecular formula is C45H25F3N4. The number of nitriles is 2. The van der Waals surface area contributed by atoms with Gasteiger partial charge in [0.05, 0.1) is 44.4 Å². The maximum atomic E-state index is 14.0. The molecule has 0 saturated heterocycles. The quantitative estimate of drug-likeness (QED) is 0.186. The predicted molar refractivity (Wildman–Crippen MR) is 200 cm³/mol. The molecule has 0 saturated carbocycles. The van der Waals surface area contributed by atoms with Gasteiger partial charge in [-0.1, -0.05) is 115 Å². The van der Waals surface area contributed by atoms with E-state index in [1.807, 2.05) is 84.9 Å². The van der Waals surface area contributed by atoms with Crippen molar-refractivity contribution < 1.29 is 13.2 Å². The first-order valence-corrected chi connectivity index (χ1v) is 16.6. The lowest BCUT2D eigenvalue weighted by Gasteiger charge is -2.17. The SMILES string of the molecule is N#Cc1cc(C(F)(F)F)cc(C#N)c1-n1c2ccccc2c2ccc3c4ccccc4n(-c4cccc(-c5ccc(-c6ccccc6)cc5)c4)c3c21. The van der Waals surface area contributed by atoms with Gasteiger partial charge in [-0.15, -0.1) is 0 Å². The molecule has 246 valence electrons. The van der Waals surface area contributed by atoms with Gasteiger partial charge < -0.3 is 9.13 Å². The summed E-state index contributed by atoms with van der Waals surface area (Å²) in [5.74, 6) is 0. The molecule has 2 aromatic heterocycles. The second-order valence-electron chi connectivity index (χ2n) is 12.7. The minimum atomic E-state index is -4.73. The van der Waals surface area contributed by atoms with Crippen molar-refractivity contribution in [3.8, 4) is 45.8 Å². The lowest BCUT2D eigenvalue weighted by Crippen LogP contribution is -2.09. The minimum Gasteiger partial charge on any atom is -0.307 e. The topological polar surface area (TPSA) is 57.4 Å². The summed E-state index contributed by atoms with van der Waals surface area (Å²) in [5.41, 5.74) is 6.87. The molecule has 2 heterocycles. The van der Waals surface area contributed by atoms with E-state index in [-0.39, 0.29) is 16.8 Å². The Morgan fingerprint density at radius 1 is 0.442 bits per heavy atom. The first-order valence-electron chi connectivity index (χ1n) is 16.6. The zero-order valence-electron chi connectivity index (χ0n) is 27.4. The first-order chi connectivity index (χ1) is 25.4. The van der Waals surface area contributed by atoms with Crippen LogP contribution in [0.5, 0.6) is 0 Å². The van der Waals surface area contributed by atoms with E-state index >= 15 is 0 Å². The van der Waals surface area contributed by atoms with Crippen molar-refractivity contribution in [2.75, 3.05) is 0 Å². The number of fused-ring (bicyclic) bond motifs is 7. The summed E-state index contributed by atoms with van der Waals surface area (Å²) < 4.78 is 45.9. The number of para-hydroxylation sites is 2. The first kappa shape index (κ1) is 30.9. The lowest BCUT2D eigenvalue weighted by atomic mass is 10.00. The summed E-state index contributed by atoms with van der Waals surface area (Å²) >= 11 is 0. The van der Waals surface area contributed by atoms with Gasteiger partial charge in [0.1, 0.15) is 12.1 Å². The Morgan fingerprint density at radius 2 is 0.923 bits per heavy atom. The van der Waals surface area contributed by atoms with Gasteiger partial charge in [-0.25, -0.2) is 0 Å². The van der Waals surface area contributed by atoms with Crippen molar-refractivity contribution in [1.82, 2.24) is 9.13 Å². The highest BCUT2D eigenvalue weighted by atomic mass is 19.4. The van der Waals surface area contributed by atoms with Crippen LogP contribution < -0.4 is 0 Å². The van der Waals surface area contributed by atoms with Crippen LogP contribution in [-0.4, -0.2) is 9.13 Å². The normalized spacial score (nSPS) is 11.7. The standard InChI is InChI=1S/C45H25F3N4/c46-45(47,48)34-23-32(26-49)42(33(24-34)27-50)52-41-16-7-5-14-37(41)39-22-21-38-36-13-4-6-15-40(36)51(43(38)44(39)52)35-12-8-11-31(25-35)30-19-17-29(18-20-30)28-9-2-1-3-10-28/h1-25H. The summed E-state index contributed by atoms with van der Waals surface area (Å²) in [6.45, 7) is 0. The molecule has 0 spiro atoms. The Balaban J connectivity index is 1.36. The van der Waals surface area contributed by atoms with E-state index < -0.39 is 11.7 Å². The average Bonchev–Trinajstić information content (AvgIpc) is 3.70. The fourth-order valence-electron chi connectivity index (χ4n) is 7.52. The summed E-state index contributed by atoms with van der Waals surface area (Å²) in [7, 11) is 0. The Hall–Kier alpha value is -7.09. The van der Waals surface area contributed by atoms with Gasteiger partial charge in [0.2, 0.25) is 0 Å². The summed E-state index contributed by atoms with van der Waals surface area (Å²) in [6, 6.07) is 52.3. The number of hydrogen-bond donors (Lipinski definition) is 0. The molecule has 0 aliphatic rings. The van der Waals surface area contributed by atoms with E-state index in [4.69, 9.17) is 0 Å². The van der Waals surface area contributed by atoms with Crippen LogP contribution in [0.3, 0.4) is 0 Å². The maximum Gasteiger partial charge on any atom is 0.416 e. The van der Waals surface area contributed by atoms with Crippen LogP contribution in [0.4, 0.5) is 13.2 Å². The second-order valence-corrected chi connectivity index (χ2v) is 12.7. The zero-order valence-corrected chi connectivity index (χ0v) is 27.4. The van der Waals surface area contributed by atoms with Crippen LogP contribution in [-0.2, 0) is 6.18 Å². The molecule has 0 N–H and O–H groups in total. The fraction of sp³-hybridized carbons (Fsp3) is 0.0222. The van der Waals surface area contributed by atoms with Crippen LogP contribution >= 0.6 is 0 Å².